The summed E-state index contributed by atoms with van der Waals surface area (Å²) in [6, 6.07) is 5.29. The third-order valence-electron chi connectivity index (χ3n) is 2.71. The molecule has 0 radical (unpaired) electrons. The first kappa shape index (κ1) is 14.3. The number of hydrogen-bond donors (Lipinski definition) is 1. The molecule has 0 unspecified atom stereocenters. The first-order valence-electron chi connectivity index (χ1n) is 6.07. The Balaban J connectivity index is 2.13. The minimum atomic E-state index is -0.123. The third kappa shape index (κ3) is 3.45. The highest BCUT2D eigenvalue weighted by molar-refractivity contribution is 6.34. The molecule has 1 N–H and O–H groups in total. The summed E-state index contributed by atoms with van der Waals surface area (Å²) in [4.78, 5) is 21.4. The quantitative estimate of drug-likeness (QED) is 0.940. The van der Waals surface area contributed by atoms with Crippen LogP contribution in [0.15, 0.2) is 36.9 Å². The largest absolute Gasteiger partial charge is 0.381 e. The molecule has 0 aliphatic rings. The number of carbonyl (C=O) groups excluding carboxylic acids is 1. The van der Waals surface area contributed by atoms with Gasteiger partial charge in [-0.05, 0) is 18.2 Å². The number of nitrogens with one attached hydrogen (secondary N) is 1. The van der Waals surface area contributed by atoms with Gasteiger partial charge in [-0.1, -0.05) is 11.6 Å². The van der Waals surface area contributed by atoms with Gasteiger partial charge < -0.3 is 10.2 Å². The lowest BCUT2D eigenvalue weighted by atomic mass is 10.1. The summed E-state index contributed by atoms with van der Waals surface area (Å²) in [7, 11) is 3.39. The van der Waals surface area contributed by atoms with Crippen LogP contribution in [0.25, 0.3) is 0 Å². The van der Waals surface area contributed by atoms with E-state index in [2.05, 4.69) is 15.3 Å². The Hall–Kier alpha value is -2.14. The summed E-state index contributed by atoms with van der Waals surface area (Å²) in [5, 5.41) is 3.65. The summed E-state index contributed by atoms with van der Waals surface area (Å²) < 4.78 is 0. The monoisotopic (exact) mass is 290 g/mol. The normalized spacial score (nSPS) is 10.2. The van der Waals surface area contributed by atoms with Gasteiger partial charge in [0, 0.05) is 44.3 Å². The van der Waals surface area contributed by atoms with Crippen LogP contribution in [-0.2, 0) is 6.54 Å². The summed E-state index contributed by atoms with van der Waals surface area (Å²) in [6.45, 7) is 0.581. The number of aromatic nitrogens is 2. The van der Waals surface area contributed by atoms with E-state index in [0.29, 0.717) is 17.1 Å². The molecule has 0 spiro atoms. The maximum Gasteiger partial charge on any atom is 0.254 e. The minimum absolute atomic E-state index is 0.123. The Morgan fingerprint density at radius 1 is 1.30 bits per heavy atom. The van der Waals surface area contributed by atoms with E-state index in [1.807, 2.05) is 6.07 Å². The molecule has 5 nitrogen and oxygen atoms in total. The van der Waals surface area contributed by atoms with Crippen LogP contribution >= 0.6 is 11.6 Å². The molecule has 1 heterocycles. The Bertz CT molecular complexity index is 601. The molecule has 104 valence electrons. The van der Waals surface area contributed by atoms with Crippen LogP contribution in [0.5, 0.6) is 0 Å². The lowest BCUT2D eigenvalue weighted by Crippen LogP contribution is -2.22. The van der Waals surface area contributed by atoms with Gasteiger partial charge in [0.1, 0.15) is 6.33 Å². The second kappa shape index (κ2) is 6.34. The average Bonchev–Trinajstić information content (AvgIpc) is 2.46. The van der Waals surface area contributed by atoms with Gasteiger partial charge in [0.25, 0.3) is 5.91 Å². The van der Waals surface area contributed by atoms with Crippen molar-refractivity contribution in [2.24, 2.45) is 0 Å². The van der Waals surface area contributed by atoms with E-state index in [4.69, 9.17) is 11.6 Å². The van der Waals surface area contributed by atoms with Crippen LogP contribution < -0.4 is 5.32 Å². The predicted octanol–water partition coefficient (Wildman–Crippen LogP) is 2.44. The molecular formula is C14H15ClN4O. The molecule has 0 atom stereocenters. The Morgan fingerprint density at radius 3 is 2.65 bits per heavy atom. The van der Waals surface area contributed by atoms with Gasteiger partial charge in [-0.2, -0.15) is 0 Å². The van der Waals surface area contributed by atoms with Gasteiger partial charge in [-0.3, -0.25) is 4.79 Å². The molecule has 0 fully saturated rings. The van der Waals surface area contributed by atoms with Gasteiger partial charge in [-0.15, -0.1) is 0 Å². The molecule has 0 aliphatic carbocycles. The van der Waals surface area contributed by atoms with E-state index < -0.39 is 0 Å². The van der Waals surface area contributed by atoms with E-state index >= 15 is 0 Å². The maximum atomic E-state index is 12.0. The number of hydrogen-bond acceptors (Lipinski definition) is 4. The van der Waals surface area contributed by atoms with Crippen molar-refractivity contribution in [3.8, 4) is 0 Å². The Morgan fingerprint density at radius 2 is 2.00 bits per heavy atom. The van der Waals surface area contributed by atoms with E-state index in [1.165, 1.54) is 11.2 Å². The van der Waals surface area contributed by atoms with Crippen LogP contribution in [0.4, 0.5) is 5.69 Å². The van der Waals surface area contributed by atoms with Crippen molar-refractivity contribution >= 4 is 23.2 Å². The minimum Gasteiger partial charge on any atom is -0.381 e. The predicted molar refractivity (Wildman–Crippen MR) is 78.8 cm³/mol. The topological polar surface area (TPSA) is 58.1 Å². The second-order valence-electron chi connectivity index (χ2n) is 4.49. The van der Waals surface area contributed by atoms with E-state index in [9.17, 15) is 4.79 Å². The molecular weight excluding hydrogens is 276 g/mol. The van der Waals surface area contributed by atoms with Crippen molar-refractivity contribution in [3.63, 3.8) is 0 Å². The number of halogens is 1. The molecule has 0 saturated carbocycles. The molecule has 0 aliphatic heterocycles. The number of amides is 1. The summed E-state index contributed by atoms with van der Waals surface area (Å²) in [5.74, 6) is -0.123. The maximum absolute atomic E-state index is 12.0. The van der Waals surface area contributed by atoms with Crippen LogP contribution in [0.3, 0.4) is 0 Å². The van der Waals surface area contributed by atoms with E-state index in [0.717, 1.165) is 11.3 Å². The van der Waals surface area contributed by atoms with Crippen molar-refractivity contribution in [1.29, 1.82) is 0 Å². The zero-order valence-electron chi connectivity index (χ0n) is 11.3. The summed E-state index contributed by atoms with van der Waals surface area (Å²) >= 11 is 6.06. The summed E-state index contributed by atoms with van der Waals surface area (Å²) in [5.41, 5.74) is 2.26. The van der Waals surface area contributed by atoms with Gasteiger partial charge in [-0.25, -0.2) is 9.97 Å². The number of benzene rings is 1. The highest BCUT2D eigenvalue weighted by atomic mass is 35.5. The van der Waals surface area contributed by atoms with Crippen molar-refractivity contribution in [2.45, 2.75) is 6.54 Å². The van der Waals surface area contributed by atoms with Gasteiger partial charge in [0.15, 0.2) is 0 Å². The highest BCUT2D eigenvalue weighted by Gasteiger charge is 2.12. The average molecular weight is 291 g/mol. The Kier molecular flexibility index (Phi) is 4.53. The lowest BCUT2D eigenvalue weighted by Gasteiger charge is -2.13. The van der Waals surface area contributed by atoms with Gasteiger partial charge in [0.05, 0.1) is 10.6 Å². The molecule has 0 bridgehead atoms. The zero-order chi connectivity index (χ0) is 14.5. The lowest BCUT2D eigenvalue weighted by molar-refractivity contribution is 0.0828. The standard InChI is InChI=1S/C14H15ClN4O/c1-19(2)14(20)12-5-11(3-4-13(12)15)18-8-10-6-16-9-17-7-10/h3-7,9,18H,8H2,1-2H3. The van der Waals surface area contributed by atoms with Crippen LogP contribution in [-0.4, -0.2) is 34.9 Å². The fraction of sp³-hybridized carbons (Fsp3) is 0.214. The third-order valence-corrected chi connectivity index (χ3v) is 3.04. The zero-order valence-corrected chi connectivity index (χ0v) is 12.1. The molecule has 6 heteroatoms. The molecule has 1 aromatic carbocycles. The highest BCUT2D eigenvalue weighted by Crippen LogP contribution is 2.22. The van der Waals surface area contributed by atoms with Crippen LogP contribution in [0, 0.1) is 0 Å². The molecule has 2 aromatic rings. The number of nitrogens with zero attached hydrogens (tertiary/aromatic N) is 3. The number of rotatable bonds is 4. The molecule has 20 heavy (non-hydrogen) atoms. The summed E-state index contributed by atoms with van der Waals surface area (Å²) in [6.07, 6.45) is 4.96. The van der Waals surface area contributed by atoms with Crippen molar-refractivity contribution in [2.75, 3.05) is 19.4 Å². The van der Waals surface area contributed by atoms with E-state index in [-0.39, 0.29) is 5.91 Å². The van der Waals surface area contributed by atoms with Crippen LogP contribution in [0.1, 0.15) is 15.9 Å². The fourth-order valence-electron chi connectivity index (χ4n) is 1.67. The number of anilines is 1. The van der Waals surface area contributed by atoms with Crippen molar-refractivity contribution in [3.05, 3.63) is 53.1 Å². The van der Waals surface area contributed by atoms with Crippen molar-refractivity contribution < 1.29 is 4.79 Å². The molecule has 2 rings (SSSR count). The SMILES string of the molecule is CN(C)C(=O)c1cc(NCc2cncnc2)ccc1Cl. The smallest absolute Gasteiger partial charge is 0.254 e. The molecule has 0 saturated heterocycles. The van der Waals surface area contributed by atoms with Crippen LogP contribution in [0.2, 0.25) is 5.02 Å². The molecule has 1 aromatic heterocycles. The Labute approximate surface area is 122 Å². The second-order valence-corrected chi connectivity index (χ2v) is 4.90. The fourth-order valence-corrected chi connectivity index (χ4v) is 1.86. The first-order chi connectivity index (χ1) is 9.58. The first-order valence-corrected chi connectivity index (χ1v) is 6.44. The van der Waals surface area contributed by atoms with Gasteiger partial charge in [0.2, 0.25) is 0 Å². The van der Waals surface area contributed by atoms with Gasteiger partial charge >= 0.3 is 0 Å². The van der Waals surface area contributed by atoms with E-state index in [1.54, 1.807) is 38.6 Å². The number of carbonyl (C=O) groups is 1. The van der Waals surface area contributed by atoms with Crippen molar-refractivity contribution in [1.82, 2.24) is 14.9 Å². The molecule has 1 amide bonds.